The minimum Gasteiger partial charge on any atom is -0.474 e. The summed E-state index contributed by atoms with van der Waals surface area (Å²) < 4.78 is 5.69. The minimum atomic E-state index is 0. The molecule has 0 bridgehead atoms. The molecule has 0 aliphatic heterocycles. The quantitative estimate of drug-likeness (QED) is 0.832. The van der Waals surface area contributed by atoms with E-state index in [1.807, 2.05) is 0 Å². The number of ether oxygens (including phenoxy) is 1. The van der Waals surface area contributed by atoms with Crippen LogP contribution in [0.2, 0.25) is 5.28 Å². The zero-order valence-electron chi connectivity index (χ0n) is 8.80. The Morgan fingerprint density at radius 3 is 2.62 bits per heavy atom. The minimum absolute atomic E-state index is 0. The normalized spacial score (nSPS) is 24.6. The van der Waals surface area contributed by atoms with Crippen LogP contribution in [0.4, 0.5) is 0 Å². The molecule has 1 fully saturated rings. The average molecular weight is 264 g/mol. The first kappa shape index (κ1) is 13.5. The molecule has 1 aromatic heterocycles. The van der Waals surface area contributed by atoms with Crippen LogP contribution in [0, 0.1) is 0 Å². The van der Waals surface area contributed by atoms with E-state index in [4.69, 9.17) is 22.1 Å². The SMILES string of the molecule is Cl.N[C@H]1CC[C@H](Oc2ccnc(Cl)n2)CC1. The van der Waals surface area contributed by atoms with E-state index in [-0.39, 0.29) is 23.8 Å². The summed E-state index contributed by atoms with van der Waals surface area (Å²) in [6, 6.07) is 2.05. The van der Waals surface area contributed by atoms with Gasteiger partial charge in [-0.2, -0.15) is 4.98 Å². The Morgan fingerprint density at radius 2 is 2.00 bits per heavy atom. The highest BCUT2D eigenvalue weighted by Gasteiger charge is 2.20. The van der Waals surface area contributed by atoms with E-state index in [1.54, 1.807) is 12.3 Å². The van der Waals surface area contributed by atoms with E-state index >= 15 is 0 Å². The van der Waals surface area contributed by atoms with Gasteiger partial charge in [0.1, 0.15) is 6.10 Å². The molecule has 6 heteroatoms. The summed E-state index contributed by atoms with van der Waals surface area (Å²) in [7, 11) is 0. The first-order chi connectivity index (χ1) is 7.24. The maximum atomic E-state index is 5.81. The molecule has 16 heavy (non-hydrogen) atoms. The molecule has 0 radical (unpaired) electrons. The second-order valence-electron chi connectivity index (χ2n) is 3.82. The van der Waals surface area contributed by atoms with Gasteiger partial charge in [0.15, 0.2) is 0 Å². The van der Waals surface area contributed by atoms with Gasteiger partial charge in [-0.3, -0.25) is 0 Å². The predicted octanol–water partition coefficient (Wildman–Crippen LogP) is 2.20. The van der Waals surface area contributed by atoms with Gasteiger partial charge in [-0.15, -0.1) is 12.4 Å². The van der Waals surface area contributed by atoms with E-state index in [2.05, 4.69) is 9.97 Å². The fourth-order valence-electron chi connectivity index (χ4n) is 1.76. The van der Waals surface area contributed by atoms with E-state index in [1.165, 1.54) is 0 Å². The Morgan fingerprint density at radius 1 is 1.31 bits per heavy atom. The van der Waals surface area contributed by atoms with Crippen molar-refractivity contribution in [1.82, 2.24) is 9.97 Å². The van der Waals surface area contributed by atoms with Gasteiger partial charge in [0.05, 0.1) is 0 Å². The molecule has 1 heterocycles. The van der Waals surface area contributed by atoms with Crippen molar-refractivity contribution >= 4 is 24.0 Å². The fourth-order valence-corrected chi connectivity index (χ4v) is 1.90. The van der Waals surface area contributed by atoms with Gasteiger partial charge in [0.25, 0.3) is 0 Å². The molecule has 1 aliphatic rings. The molecule has 4 nitrogen and oxygen atoms in total. The Kier molecular flexibility index (Phi) is 5.25. The van der Waals surface area contributed by atoms with Crippen LogP contribution in [-0.2, 0) is 0 Å². The van der Waals surface area contributed by atoms with Crippen LogP contribution in [0.1, 0.15) is 25.7 Å². The van der Waals surface area contributed by atoms with Crippen molar-refractivity contribution in [2.75, 3.05) is 0 Å². The molecule has 1 saturated carbocycles. The van der Waals surface area contributed by atoms with Crippen LogP contribution in [0.15, 0.2) is 12.3 Å². The lowest BCUT2D eigenvalue weighted by Gasteiger charge is -2.26. The number of nitrogens with zero attached hydrogens (tertiary/aromatic N) is 2. The van der Waals surface area contributed by atoms with Gasteiger partial charge in [0.2, 0.25) is 11.2 Å². The molecule has 2 N–H and O–H groups in total. The molecule has 1 aromatic rings. The number of rotatable bonds is 2. The second kappa shape index (κ2) is 6.23. The summed E-state index contributed by atoms with van der Waals surface area (Å²) in [4.78, 5) is 7.79. The molecular weight excluding hydrogens is 249 g/mol. The lowest BCUT2D eigenvalue weighted by molar-refractivity contribution is 0.141. The third-order valence-electron chi connectivity index (χ3n) is 2.61. The molecule has 0 unspecified atom stereocenters. The number of nitrogens with two attached hydrogens (primary N) is 1. The fraction of sp³-hybridized carbons (Fsp3) is 0.600. The zero-order valence-corrected chi connectivity index (χ0v) is 10.4. The molecule has 0 amide bonds. The molecule has 1 aliphatic carbocycles. The van der Waals surface area contributed by atoms with Crippen molar-refractivity contribution in [2.24, 2.45) is 5.73 Å². The van der Waals surface area contributed by atoms with Gasteiger partial charge < -0.3 is 10.5 Å². The lowest BCUT2D eigenvalue weighted by Crippen LogP contribution is -2.31. The highest BCUT2D eigenvalue weighted by molar-refractivity contribution is 6.28. The maximum Gasteiger partial charge on any atom is 0.225 e. The first-order valence-corrected chi connectivity index (χ1v) is 5.52. The Hall–Kier alpha value is -0.580. The topological polar surface area (TPSA) is 61.0 Å². The second-order valence-corrected chi connectivity index (χ2v) is 4.16. The predicted molar refractivity (Wildman–Crippen MR) is 65.1 cm³/mol. The van der Waals surface area contributed by atoms with Gasteiger partial charge in [0, 0.05) is 18.3 Å². The molecule has 0 atom stereocenters. The lowest BCUT2D eigenvalue weighted by atomic mass is 9.94. The summed E-state index contributed by atoms with van der Waals surface area (Å²) >= 11 is 5.66. The number of hydrogen-bond acceptors (Lipinski definition) is 4. The highest BCUT2D eigenvalue weighted by Crippen LogP contribution is 2.21. The molecular formula is C10H15Cl2N3O. The van der Waals surface area contributed by atoms with Crippen LogP contribution in [0.5, 0.6) is 5.88 Å². The van der Waals surface area contributed by atoms with Crippen molar-refractivity contribution in [1.29, 1.82) is 0 Å². The molecule has 2 rings (SSSR count). The van der Waals surface area contributed by atoms with Crippen LogP contribution in [-0.4, -0.2) is 22.1 Å². The van der Waals surface area contributed by atoms with Crippen molar-refractivity contribution in [2.45, 2.75) is 37.8 Å². The smallest absolute Gasteiger partial charge is 0.225 e. The van der Waals surface area contributed by atoms with Gasteiger partial charge in [-0.05, 0) is 37.3 Å². The summed E-state index contributed by atoms with van der Waals surface area (Å²) in [6.45, 7) is 0. The maximum absolute atomic E-state index is 5.81. The number of halogens is 2. The molecule has 0 spiro atoms. The Balaban J connectivity index is 0.00000128. The summed E-state index contributed by atoms with van der Waals surface area (Å²) in [5.74, 6) is 0.551. The van der Waals surface area contributed by atoms with Crippen molar-refractivity contribution in [3.8, 4) is 5.88 Å². The van der Waals surface area contributed by atoms with Crippen LogP contribution in [0.3, 0.4) is 0 Å². The first-order valence-electron chi connectivity index (χ1n) is 5.15. The van der Waals surface area contributed by atoms with E-state index in [9.17, 15) is 0 Å². The molecule has 90 valence electrons. The van der Waals surface area contributed by atoms with E-state index in [0.717, 1.165) is 25.7 Å². The van der Waals surface area contributed by atoms with Crippen LogP contribution in [0.25, 0.3) is 0 Å². The molecule has 0 saturated heterocycles. The van der Waals surface area contributed by atoms with Gasteiger partial charge in [-0.1, -0.05) is 0 Å². The number of hydrogen-bond donors (Lipinski definition) is 1. The Labute approximate surface area is 106 Å². The van der Waals surface area contributed by atoms with Crippen molar-refractivity contribution in [3.05, 3.63) is 17.5 Å². The van der Waals surface area contributed by atoms with Gasteiger partial charge in [-0.25, -0.2) is 4.98 Å². The third kappa shape index (κ3) is 3.77. The summed E-state index contributed by atoms with van der Waals surface area (Å²) in [6.07, 6.45) is 5.83. The zero-order chi connectivity index (χ0) is 10.7. The van der Waals surface area contributed by atoms with Crippen LogP contribution < -0.4 is 10.5 Å². The monoisotopic (exact) mass is 263 g/mol. The summed E-state index contributed by atoms with van der Waals surface area (Å²) in [5.41, 5.74) is 5.81. The number of aromatic nitrogens is 2. The average Bonchev–Trinajstić information content (AvgIpc) is 2.22. The van der Waals surface area contributed by atoms with E-state index in [0.29, 0.717) is 11.9 Å². The van der Waals surface area contributed by atoms with Gasteiger partial charge >= 0.3 is 0 Å². The largest absolute Gasteiger partial charge is 0.474 e. The summed E-state index contributed by atoms with van der Waals surface area (Å²) in [5, 5.41) is 0.222. The third-order valence-corrected chi connectivity index (χ3v) is 2.79. The standard InChI is InChI=1S/C10H14ClN3O.ClH/c11-10-13-6-5-9(14-10)15-8-3-1-7(12)2-4-8;/h5-8H,1-4,12H2;1H/t7-,8-;. The Bertz CT molecular complexity index is 330. The highest BCUT2D eigenvalue weighted by atomic mass is 35.5. The van der Waals surface area contributed by atoms with Crippen LogP contribution >= 0.6 is 24.0 Å². The molecule has 0 aromatic carbocycles. The van der Waals surface area contributed by atoms with Crippen molar-refractivity contribution < 1.29 is 4.74 Å². The van der Waals surface area contributed by atoms with E-state index < -0.39 is 0 Å². The van der Waals surface area contributed by atoms with Crippen molar-refractivity contribution in [3.63, 3.8) is 0 Å².